The summed E-state index contributed by atoms with van der Waals surface area (Å²) in [6, 6.07) is 13.3. The number of hydrogen-bond acceptors (Lipinski definition) is 3. The largest absolute Gasteiger partial charge is 0.487 e. The van der Waals surface area contributed by atoms with E-state index in [-0.39, 0.29) is 17.5 Å². The number of halogens is 2. The molecular weight excluding hydrogens is 369 g/mol. The number of nitrogens with zero attached hydrogens (tertiary/aromatic N) is 1. The number of thiocarbonyl (C=S) groups is 1. The van der Waals surface area contributed by atoms with Crippen LogP contribution in [0.5, 0.6) is 5.75 Å². The lowest BCUT2D eigenvalue weighted by Crippen LogP contribution is -2.27. The second kappa shape index (κ2) is 7.86. The normalized spacial score (nSPS) is 11.1. The monoisotopic (exact) mass is 381 g/mol. The van der Waals surface area contributed by atoms with Gasteiger partial charge in [-0.15, -0.1) is 0 Å². The maximum atomic E-state index is 13.0. The number of rotatable bonds is 5. The number of ether oxygens (including phenoxy) is 1. The second-order valence-corrected chi connectivity index (χ2v) is 5.64. The van der Waals surface area contributed by atoms with Crippen molar-refractivity contribution >= 4 is 39.0 Å². The predicted molar refractivity (Wildman–Crippen MR) is 92.5 cm³/mol. The number of nitrogens with one attached hydrogen (secondary N) is 1. The first-order chi connectivity index (χ1) is 10.5. The molecule has 7 heteroatoms. The van der Waals surface area contributed by atoms with E-state index in [0.29, 0.717) is 17.0 Å². The summed E-state index contributed by atoms with van der Waals surface area (Å²) in [6.45, 7) is 0.183. The van der Waals surface area contributed by atoms with Crippen molar-refractivity contribution in [3.8, 4) is 5.75 Å². The molecule has 0 fully saturated rings. The Bertz CT molecular complexity index is 674. The van der Waals surface area contributed by atoms with Crippen LogP contribution in [0, 0.1) is 5.82 Å². The molecule has 0 spiro atoms. The van der Waals surface area contributed by atoms with Crippen LogP contribution in [0.15, 0.2) is 58.1 Å². The molecule has 0 aliphatic heterocycles. The van der Waals surface area contributed by atoms with Gasteiger partial charge >= 0.3 is 0 Å². The molecule has 2 rings (SSSR count). The topological polar surface area (TPSA) is 59.6 Å². The van der Waals surface area contributed by atoms with E-state index in [2.05, 4.69) is 26.5 Å². The molecule has 0 saturated carbocycles. The Hall–Kier alpha value is -1.99. The summed E-state index contributed by atoms with van der Waals surface area (Å²) in [6.07, 6.45) is 0. The van der Waals surface area contributed by atoms with E-state index in [0.717, 1.165) is 4.47 Å². The van der Waals surface area contributed by atoms with Crippen LogP contribution in [-0.4, -0.2) is 17.4 Å². The smallest absolute Gasteiger partial charge is 0.184 e. The predicted octanol–water partition coefficient (Wildman–Crippen LogP) is 3.20. The third kappa shape index (κ3) is 5.09. The van der Waals surface area contributed by atoms with Crippen molar-refractivity contribution in [2.24, 2.45) is 10.8 Å². The summed E-state index contributed by atoms with van der Waals surface area (Å²) < 4.78 is 19.7. The van der Waals surface area contributed by atoms with E-state index in [1.54, 1.807) is 12.1 Å². The van der Waals surface area contributed by atoms with E-state index >= 15 is 0 Å². The summed E-state index contributed by atoms with van der Waals surface area (Å²) in [5.41, 5.74) is 9.16. The molecule has 0 aliphatic carbocycles. The van der Waals surface area contributed by atoms with Crippen molar-refractivity contribution in [1.29, 1.82) is 0 Å². The maximum Gasteiger partial charge on any atom is 0.184 e. The molecule has 0 bridgehead atoms. The first-order valence-electron chi connectivity index (χ1n) is 6.31. The molecule has 0 amide bonds. The van der Waals surface area contributed by atoms with E-state index in [4.69, 9.17) is 22.7 Å². The van der Waals surface area contributed by atoms with Gasteiger partial charge in [0.2, 0.25) is 0 Å². The summed E-state index contributed by atoms with van der Waals surface area (Å²) in [7, 11) is 0. The van der Waals surface area contributed by atoms with Gasteiger partial charge in [-0.25, -0.2) is 4.39 Å². The standard InChI is InChI=1S/C15H13BrFN3OS/c16-11-3-7-13(8-4-11)21-9-14(19-20-15(18)22)10-1-5-12(17)6-2-10/h1-8H,9H2,(H3,18,20,22)/b19-14-. The third-order valence-corrected chi connectivity index (χ3v) is 3.29. The summed E-state index contributed by atoms with van der Waals surface area (Å²) in [5.74, 6) is 0.368. The first kappa shape index (κ1) is 16.4. The molecule has 0 aromatic heterocycles. The Labute approximate surface area is 141 Å². The summed E-state index contributed by atoms with van der Waals surface area (Å²) in [4.78, 5) is 0. The molecule has 0 radical (unpaired) electrons. The Kier molecular flexibility index (Phi) is 5.85. The van der Waals surface area contributed by atoms with Crippen molar-refractivity contribution in [1.82, 2.24) is 5.43 Å². The quantitative estimate of drug-likeness (QED) is 0.474. The SMILES string of the molecule is NC(=S)N/N=C(/COc1ccc(Br)cc1)c1ccc(F)cc1. The van der Waals surface area contributed by atoms with Gasteiger partial charge in [0.1, 0.15) is 23.9 Å². The van der Waals surface area contributed by atoms with Gasteiger partial charge in [0.15, 0.2) is 5.11 Å². The Morgan fingerprint density at radius 3 is 2.41 bits per heavy atom. The lowest BCUT2D eigenvalue weighted by molar-refractivity contribution is 0.376. The fourth-order valence-corrected chi connectivity index (χ4v) is 1.94. The first-order valence-corrected chi connectivity index (χ1v) is 7.51. The van der Waals surface area contributed by atoms with Gasteiger partial charge in [-0.2, -0.15) is 5.10 Å². The van der Waals surface area contributed by atoms with Gasteiger partial charge < -0.3 is 10.5 Å². The fraction of sp³-hybridized carbons (Fsp3) is 0.0667. The van der Waals surface area contributed by atoms with Gasteiger partial charge in [-0.3, -0.25) is 5.43 Å². The van der Waals surface area contributed by atoms with Crippen LogP contribution in [-0.2, 0) is 0 Å². The number of hydrazone groups is 1. The Morgan fingerprint density at radius 1 is 1.18 bits per heavy atom. The molecule has 22 heavy (non-hydrogen) atoms. The van der Waals surface area contributed by atoms with Crippen molar-refractivity contribution in [3.63, 3.8) is 0 Å². The average Bonchev–Trinajstić information content (AvgIpc) is 2.50. The zero-order chi connectivity index (χ0) is 15.9. The molecule has 0 aliphatic rings. The van der Waals surface area contributed by atoms with Crippen molar-refractivity contribution in [2.75, 3.05) is 6.61 Å². The molecule has 0 atom stereocenters. The van der Waals surface area contributed by atoms with Gasteiger partial charge in [0, 0.05) is 10.0 Å². The minimum atomic E-state index is -0.320. The lowest BCUT2D eigenvalue weighted by Gasteiger charge is -2.10. The van der Waals surface area contributed by atoms with E-state index in [1.807, 2.05) is 24.3 Å². The number of benzene rings is 2. The molecular formula is C15H13BrFN3OS. The molecule has 114 valence electrons. The number of hydrogen-bond donors (Lipinski definition) is 2. The minimum absolute atomic E-state index is 0.0447. The van der Waals surface area contributed by atoms with Gasteiger partial charge in [-0.05, 0) is 48.6 Å². The highest BCUT2D eigenvalue weighted by Crippen LogP contribution is 2.16. The molecule has 0 unspecified atom stereocenters. The molecule has 0 saturated heterocycles. The van der Waals surface area contributed by atoms with Crippen LogP contribution in [0.25, 0.3) is 0 Å². The van der Waals surface area contributed by atoms with Crippen molar-refractivity contribution in [3.05, 3.63) is 64.4 Å². The van der Waals surface area contributed by atoms with Gasteiger partial charge in [0.05, 0.1) is 0 Å². The second-order valence-electron chi connectivity index (χ2n) is 4.28. The molecule has 2 aromatic rings. The van der Waals surface area contributed by atoms with Crippen molar-refractivity contribution in [2.45, 2.75) is 0 Å². The zero-order valence-corrected chi connectivity index (χ0v) is 13.8. The maximum absolute atomic E-state index is 13.0. The average molecular weight is 382 g/mol. The lowest BCUT2D eigenvalue weighted by atomic mass is 10.1. The highest BCUT2D eigenvalue weighted by molar-refractivity contribution is 9.10. The molecule has 2 aromatic carbocycles. The molecule has 3 N–H and O–H groups in total. The molecule has 4 nitrogen and oxygen atoms in total. The van der Waals surface area contributed by atoms with Crippen LogP contribution in [0.4, 0.5) is 4.39 Å². The number of nitrogens with two attached hydrogens (primary N) is 1. The minimum Gasteiger partial charge on any atom is -0.487 e. The van der Waals surface area contributed by atoms with Crippen LogP contribution in [0.2, 0.25) is 0 Å². The summed E-state index contributed by atoms with van der Waals surface area (Å²) >= 11 is 8.09. The molecule has 0 heterocycles. The van der Waals surface area contributed by atoms with Gasteiger partial charge in [-0.1, -0.05) is 28.1 Å². The zero-order valence-electron chi connectivity index (χ0n) is 11.4. The Morgan fingerprint density at radius 2 is 1.82 bits per heavy atom. The van der Waals surface area contributed by atoms with Crippen LogP contribution >= 0.6 is 28.1 Å². The van der Waals surface area contributed by atoms with Crippen LogP contribution in [0.1, 0.15) is 5.56 Å². The fourth-order valence-electron chi connectivity index (χ4n) is 1.63. The van der Waals surface area contributed by atoms with E-state index in [1.165, 1.54) is 12.1 Å². The Balaban J connectivity index is 2.14. The van der Waals surface area contributed by atoms with E-state index in [9.17, 15) is 4.39 Å². The van der Waals surface area contributed by atoms with Gasteiger partial charge in [0.25, 0.3) is 0 Å². The van der Waals surface area contributed by atoms with E-state index < -0.39 is 0 Å². The highest BCUT2D eigenvalue weighted by atomic mass is 79.9. The van der Waals surface area contributed by atoms with Crippen LogP contribution in [0.3, 0.4) is 0 Å². The third-order valence-electron chi connectivity index (χ3n) is 2.67. The highest BCUT2D eigenvalue weighted by Gasteiger charge is 2.06. The summed E-state index contributed by atoms with van der Waals surface area (Å²) in [5, 5.41) is 4.14. The van der Waals surface area contributed by atoms with Crippen molar-refractivity contribution < 1.29 is 9.13 Å². The van der Waals surface area contributed by atoms with Crippen LogP contribution < -0.4 is 15.9 Å².